The molecule has 0 unspecified atom stereocenters. The highest BCUT2D eigenvalue weighted by Gasteiger charge is 2.51. The van der Waals surface area contributed by atoms with Crippen LogP contribution < -0.4 is 5.32 Å². The third-order valence-electron chi connectivity index (χ3n) is 11.6. The Morgan fingerprint density at radius 2 is 1.68 bits per heavy atom. The van der Waals surface area contributed by atoms with Crippen molar-refractivity contribution in [2.45, 2.75) is 31.7 Å². The van der Waals surface area contributed by atoms with Crippen molar-refractivity contribution < 1.29 is 24.3 Å². The minimum atomic E-state index is -0.914. The molecule has 2 aromatic heterocycles. The van der Waals surface area contributed by atoms with Crippen molar-refractivity contribution in [2.24, 2.45) is 7.05 Å². The number of rotatable bonds is 10. The van der Waals surface area contributed by atoms with Gasteiger partial charge in [0.15, 0.2) is 0 Å². The van der Waals surface area contributed by atoms with Gasteiger partial charge in [-0.15, -0.1) is 6.58 Å². The molecular weight excluding hydrogens is 747 g/mol. The monoisotopic (exact) mass is 795 g/mol. The Balaban J connectivity index is 1.11. The van der Waals surface area contributed by atoms with Crippen LogP contribution in [-0.4, -0.2) is 133 Å². The summed E-state index contributed by atoms with van der Waals surface area (Å²) in [5.41, 5.74) is 5.72. The number of benzene rings is 3. The summed E-state index contributed by atoms with van der Waals surface area (Å²) >= 11 is 0. The van der Waals surface area contributed by atoms with Gasteiger partial charge in [-0.05, 0) is 41.9 Å². The standard InChI is InChI=1S/C45H49N9O5/c1-4-19-52-30-41(56)53-39(24-31-13-16-35(55)17-14-31)44(58)51(29-40(53)54(52)45(59)47-25-32-9-6-5-7-10-32)27-34-11-8-12-36-37(28-49(3)42(34)36)33-15-18-38(46-26-33)43(57)50-22-20-48(2)21-23-50/h4-18,26,28,39-40,55H,1,19-25,27,29-30H2,2-3H3,(H,47,59)/t39-,40-/m0/s1. The highest BCUT2D eigenvalue weighted by Crippen LogP contribution is 2.35. The van der Waals surface area contributed by atoms with E-state index >= 15 is 0 Å². The van der Waals surface area contributed by atoms with Crippen molar-refractivity contribution in [3.63, 3.8) is 0 Å². The van der Waals surface area contributed by atoms with Crippen LogP contribution in [0.4, 0.5) is 4.79 Å². The number of pyridine rings is 1. The van der Waals surface area contributed by atoms with Gasteiger partial charge in [0, 0.05) is 88.2 Å². The predicted molar refractivity (Wildman–Crippen MR) is 223 cm³/mol. The minimum absolute atomic E-state index is 0.0714. The minimum Gasteiger partial charge on any atom is -0.508 e. The molecule has 0 aliphatic carbocycles. The zero-order valence-corrected chi connectivity index (χ0v) is 33.4. The fourth-order valence-electron chi connectivity index (χ4n) is 8.52. The number of phenolic OH excluding ortho intramolecular Hbond substituents is 1. The molecule has 5 amide bonds. The molecule has 0 radical (unpaired) electrons. The summed E-state index contributed by atoms with van der Waals surface area (Å²) in [6, 6.07) is 24.6. The molecule has 3 aliphatic heterocycles. The molecule has 0 spiro atoms. The van der Waals surface area contributed by atoms with Gasteiger partial charge in [-0.2, -0.15) is 0 Å². The third-order valence-corrected chi connectivity index (χ3v) is 11.6. The second-order valence-corrected chi connectivity index (χ2v) is 15.5. The number of carbonyl (C=O) groups excluding carboxylic acids is 4. The second kappa shape index (κ2) is 16.8. The maximum absolute atomic E-state index is 14.7. The SMILES string of the molecule is C=CCN1CC(=O)N2[C@@H](Cc3ccc(O)cc3)C(=O)N(Cc3cccc4c(-c5ccc(C(=O)N6CCN(C)CC6)nc5)cn(C)c34)C[C@@H]2N1C(=O)NCc1ccccc1. The maximum Gasteiger partial charge on any atom is 0.334 e. The Morgan fingerprint density at radius 1 is 0.915 bits per heavy atom. The van der Waals surface area contributed by atoms with Gasteiger partial charge < -0.3 is 34.6 Å². The van der Waals surface area contributed by atoms with Gasteiger partial charge in [0.2, 0.25) is 11.8 Å². The predicted octanol–water partition coefficient (Wildman–Crippen LogP) is 4.07. The topological polar surface area (TPSA) is 138 Å². The summed E-state index contributed by atoms with van der Waals surface area (Å²) in [5, 5.41) is 17.3. The summed E-state index contributed by atoms with van der Waals surface area (Å²) in [7, 11) is 4.02. The third kappa shape index (κ3) is 8.01. The van der Waals surface area contributed by atoms with Gasteiger partial charge in [-0.3, -0.25) is 19.4 Å². The van der Waals surface area contributed by atoms with E-state index in [1.165, 1.54) is 0 Å². The van der Waals surface area contributed by atoms with E-state index in [0.717, 1.165) is 51.8 Å². The number of para-hydroxylation sites is 1. The summed E-state index contributed by atoms with van der Waals surface area (Å²) in [5.74, 6) is -0.474. The molecule has 59 heavy (non-hydrogen) atoms. The Morgan fingerprint density at radius 3 is 2.39 bits per heavy atom. The fraction of sp³-hybridized carbons (Fsp3) is 0.311. The van der Waals surface area contributed by atoms with Crippen LogP contribution in [0.25, 0.3) is 22.0 Å². The second-order valence-electron chi connectivity index (χ2n) is 15.5. The number of aryl methyl sites for hydroxylation is 1. The number of carbonyl (C=O) groups is 4. The molecule has 5 heterocycles. The zero-order chi connectivity index (χ0) is 41.2. The summed E-state index contributed by atoms with van der Waals surface area (Å²) < 4.78 is 2.04. The number of fused-ring (bicyclic) bond motifs is 2. The molecule has 14 nitrogen and oxygen atoms in total. The van der Waals surface area contributed by atoms with Crippen LogP contribution in [0, 0.1) is 0 Å². The normalized spacial score (nSPS) is 18.9. The molecule has 5 aromatic rings. The van der Waals surface area contributed by atoms with E-state index in [4.69, 9.17) is 0 Å². The Bertz CT molecular complexity index is 2360. The van der Waals surface area contributed by atoms with Crippen molar-refractivity contribution in [3.8, 4) is 16.9 Å². The average Bonchev–Trinajstić information content (AvgIpc) is 3.59. The molecule has 2 N–H and O–H groups in total. The number of nitrogens with one attached hydrogen (secondary N) is 1. The molecule has 2 atom stereocenters. The number of hydrazine groups is 1. The number of aromatic hydroxyl groups is 1. The molecule has 3 aliphatic rings. The van der Waals surface area contributed by atoms with Crippen molar-refractivity contribution >= 4 is 34.7 Å². The smallest absolute Gasteiger partial charge is 0.334 e. The molecule has 0 saturated carbocycles. The van der Waals surface area contributed by atoms with E-state index in [1.54, 1.807) is 62.4 Å². The van der Waals surface area contributed by atoms with E-state index in [9.17, 15) is 24.3 Å². The van der Waals surface area contributed by atoms with Gasteiger partial charge >= 0.3 is 6.03 Å². The summed E-state index contributed by atoms with van der Waals surface area (Å²) in [6.45, 7) is 7.61. The number of amides is 5. The van der Waals surface area contributed by atoms with E-state index in [-0.39, 0.29) is 62.6 Å². The number of aromatic nitrogens is 2. The lowest BCUT2D eigenvalue weighted by Crippen LogP contribution is -2.76. The fourth-order valence-corrected chi connectivity index (χ4v) is 8.52. The van der Waals surface area contributed by atoms with E-state index in [0.29, 0.717) is 18.8 Å². The van der Waals surface area contributed by atoms with Crippen LogP contribution in [0.15, 0.2) is 110 Å². The number of phenols is 1. The first-order valence-electron chi connectivity index (χ1n) is 20.0. The zero-order valence-electron chi connectivity index (χ0n) is 33.4. The quantitative estimate of drug-likeness (QED) is 0.202. The van der Waals surface area contributed by atoms with Crippen molar-refractivity contribution in [1.82, 2.24) is 44.5 Å². The van der Waals surface area contributed by atoms with Gasteiger partial charge in [-0.1, -0.05) is 72.8 Å². The average molecular weight is 796 g/mol. The van der Waals surface area contributed by atoms with Crippen molar-refractivity contribution in [1.29, 1.82) is 0 Å². The first-order chi connectivity index (χ1) is 28.6. The van der Waals surface area contributed by atoms with Crippen LogP contribution in [-0.2, 0) is 36.1 Å². The molecule has 0 bridgehead atoms. The maximum atomic E-state index is 14.7. The molecule has 8 rings (SSSR count). The van der Waals surface area contributed by atoms with Crippen LogP contribution in [0.5, 0.6) is 5.75 Å². The number of hydrogen-bond acceptors (Lipinski definition) is 8. The summed E-state index contributed by atoms with van der Waals surface area (Å²) in [4.78, 5) is 68.2. The van der Waals surface area contributed by atoms with Gasteiger partial charge in [-0.25, -0.2) is 14.8 Å². The molecule has 3 saturated heterocycles. The molecule has 304 valence electrons. The van der Waals surface area contributed by atoms with Crippen molar-refractivity contribution in [2.75, 3.05) is 52.9 Å². The van der Waals surface area contributed by atoms with Gasteiger partial charge in [0.25, 0.3) is 5.91 Å². The Labute approximate surface area is 343 Å². The lowest BCUT2D eigenvalue weighted by molar-refractivity contribution is -0.189. The number of nitrogens with zero attached hydrogens (tertiary/aromatic N) is 8. The summed E-state index contributed by atoms with van der Waals surface area (Å²) in [6.07, 6.45) is 4.81. The van der Waals surface area contributed by atoms with E-state index in [2.05, 4.69) is 28.8 Å². The Hall–Kier alpha value is -6.51. The molecule has 3 fully saturated rings. The molecular formula is C45H49N9O5. The first-order valence-corrected chi connectivity index (χ1v) is 20.0. The number of likely N-dealkylation sites (N-methyl/N-ethyl adjacent to an activating group) is 1. The van der Waals surface area contributed by atoms with Crippen LogP contribution in [0.3, 0.4) is 0 Å². The largest absolute Gasteiger partial charge is 0.508 e. The van der Waals surface area contributed by atoms with Gasteiger partial charge in [0.05, 0.1) is 18.6 Å². The molecule has 14 heteroatoms. The number of piperazine rings is 2. The van der Waals surface area contributed by atoms with Crippen LogP contribution in [0.2, 0.25) is 0 Å². The molecule has 3 aromatic carbocycles. The van der Waals surface area contributed by atoms with Gasteiger partial charge in [0.1, 0.15) is 23.7 Å². The highest BCUT2D eigenvalue weighted by atomic mass is 16.3. The van der Waals surface area contributed by atoms with E-state index in [1.807, 2.05) is 77.3 Å². The van der Waals surface area contributed by atoms with Crippen LogP contribution >= 0.6 is 0 Å². The van der Waals surface area contributed by atoms with Crippen LogP contribution in [0.1, 0.15) is 27.2 Å². The lowest BCUT2D eigenvalue weighted by atomic mass is 9.97. The number of urea groups is 1. The van der Waals surface area contributed by atoms with E-state index < -0.39 is 18.2 Å². The van der Waals surface area contributed by atoms with Crippen molar-refractivity contribution in [3.05, 3.63) is 132 Å². The first kappa shape index (κ1) is 39.3. The number of hydrogen-bond donors (Lipinski definition) is 2. The Kier molecular flexibility index (Phi) is 11.2. The highest BCUT2D eigenvalue weighted by molar-refractivity contribution is 5.99. The lowest BCUT2D eigenvalue weighted by Gasteiger charge is -2.55.